The number of aromatic hydroxyl groups is 1. The molecule has 1 aromatic carbocycles. The van der Waals surface area contributed by atoms with E-state index in [0.717, 1.165) is 27.1 Å². The van der Waals surface area contributed by atoms with Crippen molar-refractivity contribution in [2.75, 3.05) is 14.2 Å². The highest BCUT2D eigenvalue weighted by molar-refractivity contribution is 6.15. The van der Waals surface area contributed by atoms with E-state index in [4.69, 9.17) is 9.47 Å². The number of carbonyl (C=O) groups excluding carboxylic acids is 4. The molecule has 0 bridgehead atoms. The SMILES string of the molecule is CCCCc1c(O)cc2c(c1C(C)=O)C(=O)CC(C(=O)OC)(C(=O)OC)C2. The predicted molar refractivity (Wildman–Crippen MR) is 95.8 cm³/mol. The third-order valence-electron chi connectivity index (χ3n) is 5.01. The fourth-order valence-electron chi connectivity index (χ4n) is 3.73. The highest BCUT2D eigenvalue weighted by Crippen LogP contribution is 2.42. The Balaban J connectivity index is 2.71. The van der Waals surface area contributed by atoms with Gasteiger partial charge in [-0.25, -0.2) is 0 Å². The number of hydrogen-bond donors (Lipinski definition) is 1. The van der Waals surface area contributed by atoms with Crippen molar-refractivity contribution in [2.45, 2.75) is 46.0 Å². The molecule has 1 aliphatic rings. The van der Waals surface area contributed by atoms with Crippen molar-refractivity contribution in [1.29, 1.82) is 0 Å². The molecule has 146 valence electrons. The molecule has 1 aliphatic carbocycles. The summed E-state index contributed by atoms with van der Waals surface area (Å²) >= 11 is 0. The van der Waals surface area contributed by atoms with Crippen LogP contribution in [-0.4, -0.2) is 42.8 Å². The van der Waals surface area contributed by atoms with Gasteiger partial charge in [0.1, 0.15) is 5.75 Å². The van der Waals surface area contributed by atoms with Gasteiger partial charge in [0.05, 0.1) is 14.2 Å². The van der Waals surface area contributed by atoms with E-state index in [1.165, 1.54) is 13.0 Å². The number of methoxy groups -OCH3 is 2. The zero-order valence-electron chi connectivity index (χ0n) is 16.0. The van der Waals surface area contributed by atoms with Crippen molar-refractivity contribution in [2.24, 2.45) is 5.41 Å². The number of phenolic OH excluding ortho intramolecular Hbond substituents is 1. The number of benzene rings is 1. The first-order valence-corrected chi connectivity index (χ1v) is 8.82. The van der Waals surface area contributed by atoms with Crippen LogP contribution in [0.15, 0.2) is 6.07 Å². The Labute approximate surface area is 157 Å². The molecule has 0 heterocycles. The fourth-order valence-corrected chi connectivity index (χ4v) is 3.73. The second kappa shape index (κ2) is 7.90. The van der Waals surface area contributed by atoms with Gasteiger partial charge >= 0.3 is 11.9 Å². The van der Waals surface area contributed by atoms with Gasteiger partial charge in [0.25, 0.3) is 0 Å². The second-order valence-electron chi connectivity index (χ2n) is 6.79. The van der Waals surface area contributed by atoms with E-state index in [-0.39, 0.29) is 34.6 Å². The number of hydrogen-bond acceptors (Lipinski definition) is 7. The average Bonchev–Trinajstić information content (AvgIpc) is 2.64. The average molecular weight is 376 g/mol. The van der Waals surface area contributed by atoms with E-state index in [1.807, 2.05) is 6.92 Å². The molecule has 0 radical (unpaired) electrons. The third kappa shape index (κ3) is 3.46. The minimum absolute atomic E-state index is 0.120. The van der Waals surface area contributed by atoms with Crippen molar-refractivity contribution in [3.63, 3.8) is 0 Å². The lowest BCUT2D eigenvalue weighted by Crippen LogP contribution is -2.47. The quantitative estimate of drug-likeness (QED) is 0.461. The molecule has 7 nitrogen and oxygen atoms in total. The van der Waals surface area contributed by atoms with Crippen LogP contribution in [0, 0.1) is 5.41 Å². The van der Waals surface area contributed by atoms with Crippen molar-refractivity contribution in [3.8, 4) is 5.75 Å². The summed E-state index contributed by atoms with van der Waals surface area (Å²) in [5, 5.41) is 10.5. The number of unbranched alkanes of at least 4 members (excludes halogenated alkanes) is 1. The lowest BCUT2D eigenvalue weighted by molar-refractivity contribution is -0.169. The molecule has 0 spiro atoms. The molecule has 0 fully saturated rings. The van der Waals surface area contributed by atoms with Crippen LogP contribution < -0.4 is 0 Å². The van der Waals surface area contributed by atoms with Crippen molar-refractivity contribution in [3.05, 3.63) is 28.3 Å². The van der Waals surface area contributed by atoms with Gasteiger partial charge in [0.15, 0.2) is 17.0 Å². The van der Waals surface area contributed by atoms with Gasteiger partial charge < -0.3 is 14.6 Å². The number of Topliss-reactive ketones (excluding diaryl/α,β-unsaturated/α-hetero) is 2. The van der Waals surface area contributed by atoms with E-state index < -0.39 is 29.6 Å². The fraction of sp³-hybridized carbons (Fsp3) is 0.500. The van der Waals surface area contributed by atoms with Crippen LogP contribution in [0.25, 0.3) is 0 Å². The Kier molecular flexibility index (Phi) is 6.03. The molecule has 0 saturated heterocycles. The summed E-state index contributed by atoms with van der Waals surface area (Å²) in [5.74, 6) is -2.74. The Bertz CT molecular complexity index is 791. The molecule has 1 aromatic rings. The maximum Gasteiger partial charge on any atom is 0.324 e. The highest BCUT2D eigenvalue weighted by atomic mass is 16.5. The van der Waals surface area contributed by atoms with Gasteiger partial charge in [0.2, 0.25) is 0 Å². The first-order chi connectivity index (χ1) is 12.7. The molecule has 2 rings (SSSR count). The third-order valence-corrected chi connectivity index (χ3v) is 5.01. The largest absolute Gasteiger partial charge is 0.508 e. The van der Waals surface area contributed by atoms with E-state index in [0.29, 0.717) is 12.0 Å². The molecule has 1 N–H and O–H groups in total. The molecule has 7 heteroatoms. The van der Waals surface area contributed by atoms with Gasteiger partial charge in [-0.15, -0.1) is 0 Å². The number of ether oxygens (including phenoxy) is 2. The van der Waals surface area contributed by atoms with Crippen LogP contribution in [-0.2, 0) is 31.9 Å². The normalized spacial score (nSPS) is 15.0. The van der Waals surface area contributed by atoms with Crippen LogP contribution in [0.2, 0.25) is 0 Å². The van der Waals surface area contributed by atoms with Crippen LogP contribution in [0.3, 0.4) is 0 Å². The van der Waals surface area contributed by atoms with Crippen LogP contribution in [0.4, 0.5) is 0 Å². The van der Waals surface area contributed by atoms with Gasteiger partial charge in [-0.3, -0.25) is 19.2 Å². The van der Waals surface area contributed by atoms with Crippen molar-refractivity contribution >= 4 is 23.5 Å². The Morgan fingerprint density at radius 1 is 1.15 bits per heavy atom. The van der Waals surface area contributed by atoms with Crippen LogP contribution in [0.5, 0.6) is 5.75 Å². The predicted octanol–water partition coefficient (Wildman–Crippen LogP) is 2.40. The van der Waals surface area contributed by atoms with Crippen molar-refractivity contribution in [1.82, 2.24) is 0 Å². The zero-order chi connectivity index (χ0) is 20.4. The summed E-state index contributed by atoms with van der Waals surface area (Å²) in [6.07, 6.45) is 1.43. The molecule has 27 heavy (non-hydrogen) atoms. The molecule has 0 amide bonds. The Morgan fingerprint density at radius 2 is 1.74 bits per heavy atom. The minimum atomic E-state index is -1.82. The first kappa shape index (κ1) is 20.6. The number of ketones is 2. The molecule has 0 atom stereocenters. The second-order valence-corrected chi connectivity index (χ2v) is 6.79. The summed E-state index contributed by atoms with van der Waals surface area (Å²) in [6.45, 7) is 3.31. The standard InChI is InChI=1S/C20H24O7/c1-5-6-7-13-14(22)8-12-9-20(18(24)26-3,19(25)27-4)10-15(23)17(12)16(13)11(2)21/h8,22H,5-7,9-10H2,1-4H3. The Hall–Kier alpha value is -2.70. The smallest absolute Gasteiger partial charge is 0.324 e. The molecule has 0 aromatic heterocycles. The van der Waals surface area contributed by atoms with E-state index in [9.17, 15) is 24.3 Å². The minimum Gasteiger partial charge on any atom is -0.508 e. The van der Waals surface area contributed by atoms with Gasteiger partial charge in [-0.1, -0.05) is 13.3 Å². The van der Waals surface area contributed by atoms with E-state index in [1.54, 1.807) is 0 Å². The lowest BCUT2D eigenvalue weighted by Gasteiger charge is -2.33. The van der Waals surface area contributed by atoms with Gasteiger partial charge in [-0.05, 0) is 31.4 Å². The lowest BCUT2D eigenvalue weighted by atomic mass is 9.69. The van der Waals surface area contributed by atoms with Crippen molar-refractivity contribution < 1.29 is 33.8 Å². The summed E-state index contributed by atoms with van der Waals surface area (Å²) in [6, 6.07) is 1.37. The van der Waals surface area contributed by atoms with Crippen LogP contribution in [0.1, 0.15) is 65.0 Å². The summed E-state index contributed by atoms with van der Waals surface area (Å²) in [7, 11) is 2.25. The number of esters is 2. The van der Waals surface area contributed by atoms with E-state index in [2.05, 4.69) is 0 Å². The maximum atomic E-state index is 13.0. The monoisotopic (exact) mass is 376 g/mol. The van der Waals surface area contributed by atoms with Gasteiger partial charge in [0, 0.05) is 29.5 Å². The van der Waals surface area contributed by atoms with E-state index >= 15 is 0 Å². The number of rotatable bonds is 6. The maximum absolute atomic E-state index is 13.0. The van der Waals surface area contributed by atoms with Crippen LogP contribution >= 0.6 is 0 Å². The number of carbonyl (C=O) groups is 4. The summed E-state index contributed by atoms with van der Waals surface area (Å²) < 4.78 is 9.49. The number of fused-ring (bicyclic) bond motifs is 1. The highest BCUT2D eigenvalue weighted by Gasteiger charge is 2.53. The summed E-state index contributed by atoms with van der Waals surface area (Å²) in [4.78, 5) is 50.0. The molecular formula is C20H24O7. The first-order valence-electron chi connectivity index (χ1n) is 8.82. The summed E-state index contributed by atoms with van der Waals surface area (Å²) in [5.41, 5.74) is -0.773. The number of phenols is 1. The molecular weight excluding hydrogens is 352 g/mol. The zero-order valence-corrected chi connectivity index (χ0v) is 16.0. The van der Waals surface area contributed by atoms with Gasteiger partial charge in [-0.2, -0.15) is 0 Å². The Morgan fingerprint density at radius 3 is 2.22 bits per heavy atom. The molecule has 0 saturated carbocycles. The molecule has 0 unspecified atom stereocenters. The topological polar surface area (TPSA) is 107 Å². The molecule has 0 aliphatic heterocycles.